The first-order valence-corrected chi connectivity index (χ1v) is 9.71. The lowest BCUT2D eigenvalue weighted by Gasteiger charge is -2.19. The molecule has 0 fully saturated rings. The van der Waals surface area contributed by atoms with Gasteiger partial charge in [-0.3, -0.25) is 19.2 Å². The second-order valence-electron chi connectivity index (χ2n) is 7.34. The Bertz CT molecular complexity index is 874. The van der Waals surface area contributed by atoms with Gasteiger partial charge in [-0.25, -0.2) is 0 Å². The molecule has 0 saturated carbocycles. The minimum absolute atomic E-state index is 0.00990. The quantitative estimate of drug-likeness (QED) is 0.353. The molecule has 0 aliphatic heterocycles. The number of Topliss-reactive ketones (excluding diaryl/α,β-unsaturated/α-hetero) is 2. The van der Waals surface area contributed by atoms with Crippen molar-refractivity contribution < 1.29 is 24.3 Å². The third kappa shape index (κ3) is 7.22. The molecule has 0 bridgehead atoms. The molecule has 162 valence electrons. The Hall–Kier alpha value is -3.37. The summed E-state index contributed by atoms with van der Waals surface area (Å²) >= 11 is 0. The van der Waals surface area contributed by atoms with E-state index in [4.69, 9.17) is 5.11 Å². The summed E-state index contributed by atoms with van der Waals surface area (Å²) in [5.74, 6) is -1.32. The molecule has 0 spiro atoms. The molecule has 0 saturated heterocycles. The molecule has 2 aromatic rings. The van der Waals surface area contributed by atoms with Crippen LogP contribution in [-0.4, -0.2) is 54.2 Å². The second-order valence-corrected chi connectivity index (χ2v) is 7.34. The number of ketones is 2. The average molecular weight is 418 g/mol. The first-order chi connectivity index (χ1) is 14.3. The molecule has 11 nitrogen and oxygen atoms in total. The first-order valence-electron chi connectivity index (χ1n) is 9.71. The van der Waals surface area contributed by atoms with E-state index in [1.165, 1.54) is 0 Å². The van der Waals surface area contributed by atoms with E-state index < -0.39 is 5.97 Å². The highest BCUT2D eigenvalue weighted by atomic mass is 16.4. The van der Waals surface area contributed by atoms with Crippen molar-refractivity contribution in [2.24, 2.45) is 5.92 Å². The Balaban J connectivity index is 1.87. The van der Waals surface area contributed by atoms with E-state index in [2.05, 4.69) is 30.9 Å². The van der Waals surface area contributed by atoms with Gasteiger partial charge < -0.3 is 15.4 Å². The van der Waals surface area contributed by atoms with Gasteiger partial charge in [0, 0.05) is 37.3 Å². The number of nitrogens with one attached hydrogen (secondary N) is 3. The lowest BCUT2D eigenvalue weighted by molar-refractivity contribution is -0.138. The fourth-order valence-electron chi connectivity index (χ4n) is 2.97. The molecule has 0 aliphatic rings. The molecule has 30 heavy (non-hydrogen) atoms. The zero-order valence-corrected chi connectivity index (χ0v) is 17.0. The topological polar surface area (TPSA) is 171 Å². The molecule has 2 aromatic heterocycles. The maximum absolute atomic E-state index is 12.4. The molecular weight excluding hydrogens is 392 g/mol. The summed E-state index contributed by atoms with van der Waals surface area (Å²) in [6.07, 6.45) is 0.0583. The predicted octanol–water partition coefficient (Wildman–Crippen LogP) is 1.37. The fourth-order valence-corrected chi connectivity index (χ4v) is 2.97. The molecular formula is C19H26N6O5. The molecule has 1 atom stereocenters. The van der Waals surface area contributed by atoms with Crippen molar-refractivity contribution in [2.75, 3.05) is 0 Å². The van der Waals surface area contributed by atoms with Crippen molar-refractivity contribution in [1.29, 1.82) is 0 Å². The summed E-state index contributed by atoms with van der Waals surface area (Å²) in [7, 11) is 0. The highest BCUT2D eigenvalue weighted by molar-refractivity contribution is 5.96. The summed E-state index contributed by atoms with van der Waals surface area (Å²) in [6, 6.07) is 3.41. The van der Waals surface area contributed by atoms with Crippen LogP contribution >= 0.6 is 0 Å². The molecule has 0 radical (unpaired) electrons. The highest BCUT2D eigenvalue weighted by Crippen LogP contribution is 2.28. The molecule has 2 rings (SSSR count). The van der Waals surface area contributed by atoms with Crippen LogP contribution in [0.25, 0.3) is 0 Å². The number of tetrazole rings is 1. The van der Waals surface area contributed by atoms with E-state index in [1.54, 1.807) is 12.1 Å². The number of hydrogen-bond donors (Lipinski definition) is 4. The third-order valence-corrected chi connectivity index (χ3v) is 4.69. The summed E-state index contributed by atoms with van der Waals surface area (Å²) in [6.45, 7) is 4.05. The number of hydrogen-bond acceptors (Lipinski definition) is 7. The Morgan fingerprint density at radius 2 is 1.87 bits per heavy atom. The van der Waals surface area contributed by atoms with E-state index in [-0.39, 0.29) is 68.0 Å². The normalized spacial score (nSPS) is 12.0. The van der Waals surface area contributed by atoms with E-state index >= 15 is 0 Å². The number of carboxylic acids is 1. The fraction of sp³-hybridized carbons (Fsp3) is 0.526. The predicted molar refractivity (Wildman–Crippen MR) is 104 cm³/mol. The summed E-state index contributed by atoms with van der Waals surface area (Å²) in [5, 5.41) is 24.4. The number of H-pyrrole nitrogens is 2. The van der Waals surface area contributed by atoms with Gasteiger partial charge >= 0.3 is 5.97 Å². The second kappa shape index (κ2) is 11.0. The number of aliphatic carboxylic acids is 1. The van der Waals surface area contributed by atoms with Crippen molar-refractivity contribution in [2.45, 2.75) is 58.4 Å². The van der Waals surface area contributed by atoms with Crippen LogP contribution in [0.15, 0.2) is 12.1 Å². The minimum Gasteiger partial charge on any atom is -0.481 e. The van der Waals surface area contributed by atoms with Gasteiger partial charge in [-0.2, -0.15) is 5.21 Å². The zero-order chi connectivity index (χ0) is 22.1. The number of amides is 1. The van der Waals surface area contributed by atoms with Crippen LogP contribution in [-0.2, 0) is 20.9 Å². The summed E-state index contributed by atoms with van der Waals surface area (Å²) in [5.41, 5.74) is 1.12. The van der Waals surface area contributed by atoms with Gasteiger partial charge in [-0.05, 0) is 18.1 Å². The maximum atomic E-state index is 12.4. The largest absolute Gasteiger partial charge is 0.481 e. The van der Waals surface area contributed by atoms with Crippen LogP contribution in [0.2, 0.25) is 0 Å². The Kier molecular flexibility index (Phi) is 8.39. The molecule has 0 aliphatic carbocycles. The van der Waals surface area contributed by atoms with E-state index in [9.17, 15) is 19.2 Å². The van der Waals surface area contributed by atoms with Crippen molar-refractivity contribution in [3.63, 3.8) is 0 Å². The number of carbonyl (C=O) groups is 4. The molecule has 0 unspecified atom stereocenters. The van der Waals surface area contributed by atoms with Gasteiger partial charge in [0.2, 0.25) is 5.91 Å². The monoisotopic (exact) mass is 418 g/mol. The minimum atomic E-state index is -1.00. The number of nitrogens with zero attached hydrogens (tertiary/aromatic N) is 3. The van der Waals surface area contributed by atoms with Gasteiger partial charge in [-0.15, -0.1) is 10.2 Å². The van der Waals surface area contributed by atoms with Crippen LogP contribution in [0.1, 0.15) is 73.9 Å². The summed E-state index contributed by atoms with van der Waals surface area (Å²) < 4.78 is 0. The Labute approximate surface area is 173 Å². The van der Waals surface area contributed by atoms with E-state index in [0.29, 0.717) is 11.5 Å². The van der Waals surface area contributed by atoms with Gasteiger partial charge in [-0.1, -0.05) is 19.1 Å². The SMILES string of the molecule is CC(C)[C@H](CC(=O)CCC(=O)O)c1ccc(C(=O)CCC(=O)NCc2nn[nH]n2)[nH]1. The van der Waals surface area contributed by atoms with E-state index in [1.807, 2.05) is 13.8 Å². The van der Waals surface area contributed by atoms with Gasteiger partial charge in [0.25, 0.3) is 0 Å². The summed E-state index contributed by atoms with van der Waals surface area (Å²) in [4.78, 5) is 50.1. The third-order valence-electron chi connectivity index (χ3n) is 4.69. The lowest BCUT2D eigenvalue weighted by atomic mass is 9.87. The van der Waals surface area contributed by atoms with Crippen LogP contribution in [0.3, 0.4) is 0 Å². The first kappa shape index (κ1) is 22.9. The van der Waals surface area contributed by atoms with Gasteiger partial charge in [0.15, 0.2) is 11.6 Å². The maximum Gasteiger partial charge on any atom is 0.303 e. The zero-order valence-electron chi connectivity index (χ0n) is 17.0. The van der Waals surface area contributed by atoms with Gasteiger partial charge in [0.05, 0.1) is 18.7 Å². The van der Waals surface area contributed by atoms with E-state index in [0.717, 1.165) is 5.69 Å². The van der Waals surface area contributed by atoms with Crippen LogP contribution in [0.5, 0.6) is 0 Å². The highest BCUT2D eigenvalue weighted by Gasteiger charge is 2.22. The van der Waals surface area contributed by atoms with Crippen molar-refractivity contribution >= 4 is 23.4 Å². The molecule has 1 amide bonds. The van der Waals surface area contributed by atoms with Crippen LogP contribution in [0.4, 0.5) is 0 Å². The van der Waals surface area contributed by atoms with Crippen LogP contribution in [0, 0.1) is 5.92 Å². The van der Waals surface area contributed by atoms with Crippen molar-refractivity contribution in [3.05, 3.63) is 29.3 Å². The van der Waals surface area contributed by atoms with Crippen molar-refractivity contribution in [3.8, 4) is 0 Å². The number of aromatic nitrogens is 5. The van der Waals surface area contributed by atoms with Gasteiger partial charge in [0.1, 0.15) is 5.78 Å². The lowest BCUT2D eigenvalue weighted by Crippen LogP contribution is -2.24. The molecule has 0 aromatic carbocycles. The van der Waals surface area contributed by atoms with Crippen molar-refractivity contribution in [1.82, 2.24) is 30.9 Å². The molecule has 11 heteroatoms. The average Bonchev–Trinajstić information content (AvgIpc) is 3.38. The molecule has 4 N–H and O–H groups in total. The number of aromatic amines is 2. The number of carbonyl (C=O) groups excluding carboxylic acids is 3. The Morgan fingerprint density at radius 3 is 2.50 bits per heavy atom. The standard InChI is InChI=1S/C19H26N6O5/c1-11(2)13(9-12(26)3-8-19(29)30)14-4-5-15(21-14)16(27)6-7-18(28)20-10-17-22-24-25-23-17/h4-5,11,13,21H,3,6-10H2,1-2H3,(H,20,28)(H,29,30)(H,22,23,24,25)/t13-/m0/s1. The van der Waals surface area contributed by atoms with Crippen LogP contribution < -0.4 is 5.32 Å². The number of carboxylic acid groups (broad SMARTS) is 1. The molecule has 2 heterocycles. The number of rotatable bonds is 13. The Morgan fingerprint density at radius 1 is 1.10 bits per heavy atom. The smallest absolute Gasteiger partial charge is 0.303 e.